The van der Waals surface area contributed by atoms with E-state index in [1.54, 1.807) is 19.1 Å². The minimum Gasteiger partial charge on any atom is -0.481 e. The summed E-state index contributed by atoms with van der Waals surface area (Å²) in [6, 6.07) is 21.0. The molecule has 7 nitrogen and oxygen atoms in total. The van der Waals surface area contributed by atoms with E-state index in [4.69, 9.17) is 9.84 Å². The Labute approximate surface area is 211 Å². The van der Waals surface area contributed by atoms with Gasteiger partial charge in [0.2, 0.25) is 0 Å². The lowest BCUT2D eigenvalue weighted by Gasteiger charge is -2.15. The molecule has 3 N–H and O–H groups in total. The van der Waals surface area contributed by atoms with Crippen LogP contribution in [0.15, 0.2) is 71.2 Å². The van der Waals surface area contributed by atoms with Gasteiger partial charge in [0.25, 0.3) is 5.91 Å². The zero-order valence-corrected chi connectivity index (χ0v) is 20.7. The van der Waals surface area contributed by atoms with Crippen molar-refractivity contribution in [3.8, 4) is 11.1 Å². The second kappa shape index (κ2) is 10.7. The highest BCUT2D eigenvalue weighted by Crippen LogP contribution is 2.44. The molecule has 0 spiro atoms. The number of amides is 2. The number of aliphatic carboxylic acids is 1. The maximum atomic E-state index is 12.6. The van der Waals surface area contributed by atoms with E-state index in [1.807, 2.05) is 36.4 Å². The van der Waals surface area contributed by atoms with Gasteiger partial charge in [0, 0.05) is 28.2 Å². The van der Waals surface area contributed by atoms with E-state index in [9.17, 15) is 14.4 Å². The highest BCUT2D eigenvalue weighted by atomic mass is 79.9. The van der Waals surface area contributed by atoms with Crippen LogP contribution in [0, 0.1) is 5.92 Å². The van der Waals surface area contributed by atoms with E-state index in [0.29, 0.717) is 16.6 Å². The normalized spacial score (nSPS) is 12.9. The molecule has 8 heteroatoms. The predicted molar refractivity (Wildman–Crippen MR) is 137 cm³/mol. The Morgan fingerprint density at radius 1 is 1.00 bits per heavy atom. The largest absolute Gasteiger partial charge is 0.481 e. The lowest BCUT2D eigenvalue weighted by atomic mass is 9.98. The van der Waals surface area contributed by atoms with Crippen LogP contribution in [0.4, 0.5) is 10.5 Å². The average Bonchev–Trinajstić information content (AvgIpc) is 3.16. The number of nitrogens with one attached hydrogen (secondary N) is 2. The van der Waals surface area contributed by atoms with Crippen molar-refractivity contribution >= 4 is 39.6 Å². The van der Waals surface area contributed by atoms with Gasteiger partial charge in [-0.15, -0.1) is 0 Å². The van der Waals surface area contributed by atoms with Gasteiger partial charge in [-0.2, -0.15) is 0 Å². The van der Waals surface area contributed by atoms with Crippen molar-refractivity contribution in [2.75, 3.05) is 18.5 Å². The first-order valence-electron chi connectivity index (χ1n) is 11.3. The number of hydrogen-bond acceptors (Lipinski definition) is 4. The molecule has 0 heterocycles. The topological polar surface area (TPSA) is 105 Å². The van der Waals surface area contributed by atoms with Crippen molar-refractivity contribution in [1.82, 2.24) is 5.32 Å². The van der Waals surface area contributed by atoms with E-state index in [0.717, 1.165) is 22.3 Å². The fraction of sp³-hybridized carbons (Fsp3) is 0.222. The van der Waals surface area contributed by atoms with Gasteiger partial charge >= 0.3 is 12.1 Å². The summed E-state index contributed by atoms with van der Waals surface area (Å²) in [5.41, 5.74) is 5.20. The number of carboxylic acid groups (broad SMARTS) is 1. The predicted octanol–water partition coefficient (Wildman–Crippen LogP) is 5.65. The summed E-state index contributed by atoms with van der Waals surface area (Å²) >= 11 is 3.35. The number of carbonyl (C=O) groups is 3. The van der Waals surface area contributed by atoms with Crippen LogP contribution in [0.25, 0.3) is 11.1 Å². The number of hydrogen-bond donors (Lipinski definition) is 3. The fourth-order valence-corrected chi connectivity index (χ4v) is 4.76. The molecule has 0 bridgehead atoms. The van der Waals surface area contributed by atoms with Crippen molar-refractivity contribution in [3.05, 3.63) is 87.9 Å². The molecular formula is C27H25BrN2O5. The number of halogens is 1. The maximum Gasteiger partial charge on any atom is 0.411 e. The third kappa shape index (κ3) is 5.54. The lowest BCUT2D eigenvalue weighted by molar-refractivity contribution is -0.141. The Kier molecular flexibility index (Phi) is 7.51. The lowest BCUT2D eigenvalue weighted by Crippen LogP contribution is -2.32. The third-order valence-corrected chi connectivity index (χ3v) is 6.56. The molecular weight excluding hydrogens is 512 g/mol. The molecule has 3 aromatic rings. The van der Waals surface area contributed by atoms with Crippen molar-refractivity contribution < 1.29 is 24.2 Å². The molecule has 180 valence electrons. The Morgan fingerprint density at radius 3 is 2.23 bits per heavy atom. The Hall–Kier alpha value is -3.65. The number of ether oxygens (including phenoxy) is 1. The number of carbonyl (C=O) groups excluding carboxylic acids is 2. The van der Waals surface area contributed by atoms with E-state index >= 15 is 0 Å². The molecule has 1 unspecified atom stereocenters. The van der Waals surface area contributed by atoms with Crippen LogP contribution in [-0.4, -0.2) is 36.2 Å². The van der Waals surface area contributed by atoms with Gasteiger partial charge < -0.3 is 15.2 Å². The van der Waals surface area contributed by atoms with Gasteiger partial charge in [0.15, 0.2) is 0 Å². The van der Waals surface area contributed by atoms with Crippen LogP contribution in [0.2, 0.25) is 0 Å². The first-order chi connectivity index (χ1) is 16.9. The molecule has 3 aromatic carbocycles. The second-order valence-electron chi connectivity index (χ2n) is 8.33. The quantitative estimate of drug-likeness (QED) is 0.345. The van der Waals surface area contributed by atoms with Crippen molar-refractivity contribution in [2.24, 2.45) is 5.92 Å². The molecule has 1 aliphatic carbocycles. The number of rotatable bonds is 8. The van der Waals surface area contributed by atoms with Gasteiger partial charge in [-0.05, 0) is 46.9 Å². The highest BCUT2D eigenvalue weighted by Gasteiger charge is 2.29. The van der Waals surface area contributed by atoms with Crippen LogP contribution in [-0.2, 0) is 9.53 Å². The molecule has 1 aliphatic rings. The Bertz CT molecular complexity index is 1230. The molecule has 1 atom stereocenters. The van der Waals surface area contributed by atoms with Crippen LogP contribution in [0.1, 0.15) is 40.7 Å². The number of carboxylic acids is 1. The summed E-state index contributed by atoms with van der Waals surface area (Å²) in [5, 5.41) is 14.5. The minimum atomic E-state index is -0.959. The summed E-state index contributed by atoms with van der Waals surface area (Å²) in [6.07, 6.45) is -0.226. The molecule has 0 radical (unpaired) electrons. The van der Waals surface area contributed by atoms with Crippen molar-refractivity contribution in [1.29, 1.82) is 0 Å². The maximum absolute atomic E-state index is 12.6. The molecule has 0 saturated carbocycles. The van der Waals surface area contributed by atoms with Crippen LogP contribution < -0.4 is 10.6 Å². The van der Waals surface area contributed by atoms with E-state index < -0.39 is 23.9 Å². The van der Waals surface area contributed by atoms with Gasteiger partial charge in [-0.3, -0.25) is 14.9 Å². The van der Waals surface area contributed by atoms with Gasteiger partial charge in [0.1, 0.15) is 6.61 Å². The van der Waals surface area contributed by atoms with E-state index in [2.05, 4.69) is 38.7 Å². The summed E-state index contributed by atoms with van der Waals surface area (Å²) in [6.45, 7) is 1.95. The zero-order valence-electron chi connectivity index (χ0n) is 19.1. The van der Waals surface area contributed by atoms with E-state index in [1.165, 1.54) is 6.07 Å². The summed E-state index contributed by atoms with van der Waals surface area (Å²) in [7, 11) is 0. The number of benzene rings is 3. The molecule has 2 amide bonds. The average molecular weight is 537 g/mol. The molecule has 0 aliphatic heterocycles. The summed E-state index contributed by atoms with van der Waals surface area (Å²) in [4.78, 5) is 36.3. The first-order valence-corrected chi connectivity index (χ1v) is 12.1. The van der Waals surface area contributed by atoms with Crippen molar-refractivity contribution in [3.63, 3.8) is 0 Å². The number of anilines is 1. The van der Waals surface area contributed by atoms with Gasteiger partial charge in [-0.25, -0.2) is 4.79 Å². The minimum absolute atomic E-state index is 0.0202. The Balaban J connectivity index is 1.40. The number of fused-ring (bicyclic) bond motifs is 3. The molecule has 4 rings (SSSR count). The SMILES string of the molecule is CCC(CNC(=O)c1cc(Br)cc(NC(=O)OCC2c3ccccc3-c3ccccc32)c1)C(=O)O. The monoisotopic (exact) mass is 536 g/mol. The third-order valence-electron chi connectivity index (χ3n) is 6.10. The molecule has 0 saturated heterocycles. The van der Waals surface area contributed by atoms with Crippen LogP contribution in [0.3, 0.4) is 0 Å². The first kappa shape index (κ1) is 24.5. The highest BCUT2D eigenvalue weighted by molar-refractivity contribution is 9.10. The van der Waals surface area contributed by atoms with Gasteiger partial charge in [0.05, 0.1) is 5.92 Å². The second-order valence-corrected chi connectivity index (χ2v) is 9.25. The zero-order chi connectivity index (χ0) is 24.9. The molecule has 0 aromatic heterocycles. The molecule has 0 fully saturated rings. The van der Waals surface area contributed by atoms with E-state index in [-0.39, 0.29) is 24.6 Å². The summed E-state index contributed by atoms with van der Waals surface area (Å²) in [5.74, 6) is -2.11. The van der Waals surface area contributed by atoms with Crippen molar-refractivity contribution in [2.45, 2.75) is 19.3 Å². The smallest absolute Gasteiger partial charge is 0.411 e. The standard InChI is InChI=1S/C27H25BrN2O5/c1-2-16(26(32)33)14-29-25(31)17-11-18(28)13-19(12-17)30-27(34)35-15-24-22-9-5-3-7-20(22)21-8-4-6-10-23(21)24/h3-13,16,24H,2,14-15H2,1H3,(H,29,31)(H,30,34)(H,32,33). The van der Waals surface area contributed by atoms with Gasteiger partial charge in [-0.1, -0.05) is 71.4 Å². The molecule has 35 heavy (non-hydrogen) atoms. The fourth-order valence-electron chi connectivity index (χ4n) is 4.27. The summed E-state index contributed by atoms with van der Waals surface area (Å²) < 4.78 is 6.16. The Morgan fingerprint density at radius 2 is 1.63 bits per heavy atom. The van der Waals surface area contributed by atoms with Crippen LogP contribution in [0.5, 0.6) is 0 Å². The van der Waals surface area contributed by atoms with Crippen LogP contribution >= 0.6 is 15.9 Å².